The van der Waals surface area contributed by atoms with Crippen molar-refractivity contribution < 1.29 is 28.8 Å². The van der Waals surface area contributed by atoms with Crippen molar-refractivity contribution in [3.63, 3.8) is 0 Å². The summed E-state index contributed by atoms with van der Waals surface area (Å²) in [4.78, 5) is 37.4. The van der Waals surface area contributed by atoms with E-state index < -0.39 is 24.0 Å². The van der Waals surface area contributed by atoms with E-state index in [1.165, 1.54) is 11.8 Å². The summed E-state index contributed by atoms with van der Waals surface area (Å²) in [6.07, 6.45) is 2.04. The van der Waals surface area contributed by atoms with E-state index in [0.29, 0.717) is 18.0 Å². The molecule has 3 unspecified atom stereocenters. The van der Waals surface area contributed by atoms with E-state index in [-0.39, 0.29) is 18.4 Å². The van der Waals surface area contributed by atoms with Crippen LogP contribution in [0.25, 0.3) is 0 Å². The molecule has 5 atom stereocenters. The number of hydrogen-bond acceptors (Lipinski definition) is 5. The number of benzene rings is 1. The second kappa shape index (κ2) is 7.35. The molecule has 2 bridgehead atoms. The van der Waals surface area contributed by atoms with Gasteiger partial charge in [0.25, 0.3) is 0 Å². The van der Waals surface area contributed by atoms with Crippen LogP contribution >= 0.6 is 0 Å². The fourth-order valence-corrected chi connectivity index (χ4v) is 4.08. The highest BCUT2D eigenvalue weighted by Crippen LogP contribution is 2.31. The number of carbonyl (C=O) groups is 3. The zero-order chi connectivity index (χ0) is 18.0. The molecular weight excluding hydrogens is 322 g/mol. The molecule has 3 rings (SSSR count). The topological polar surface area (TPSA) is 74.1 Å². The molecule has 0 spiro atoms. The molecule has 134 valence electrons. The minimum Gasteiger partial charge on any atom is -0.457 e. The Hall–Kier alpha value is -2.21. The lowest BCUT2D eigenvalue weighted by molar-refractivity contribution is -0.926. The van der Waals surface area contributed by atoms with Crippen molar-refractivity contribution in [1.29, 1.82) is 0 Å². The van der Waals surface area contributed by atoms with E-state index in [1.807, 2.05) is 6.07 Å². The first-order chi connectivity index (χ1) is 12.0. The molecule has 0 radical (unpaired) electrons. The molecule has 0 amide bonds. The average molecular weight is 346 g/mol. The molecule has 6 heteroatoms. The van der Waals surface area contributed by atoms with Crippen molar-refractivity contribution in [1.82, 2.24) is 0 Å². The molecule has 1 aromatic carbocycles. The summed E-state index contributed by atoms with van der Waals surface area (Å²) in [6, 6.07) is 9.22. The van der Waals surface area contributed by atoms with Crippen LogP contribution in [0.3, 0.4) is 0 Å². The standard InChI is InChI=1S/C19H23NO5/c1-12(21)11-24-19(23)17-15-9-8-14(20(15)2)10-16(17)25-18(22)13-6-4-3-5-7-13/h3-7,14-17H,8-11H2,1-2H3/p+1/t14?,15?,16-,17+/m0/s1. The molecule has 2 fully saturated rings. The van der Waals surface area contributed by atoms with Crippen LogP contribution in [0, 0.1) is 5.92 Å². The van der Waals surface area contributed by atoms with Gasteiger partial charge in [0, 0.05) is 19.3 Å². The van der Waals surface area contributed by atoms with Gasteiger partial charge in [0.2, 0.25) is 0 Å². The predicted octanol–water partition coefficient (Wildman–Crippen LogP) is 0.410. The van der Waals surface area contributed by atoms with Gasteiger partial charge >= 0.3 is 11.9 Å². The number of Topliss-reactive ketones (excluding diaryl/α,β-unsaturated/α-hetero) is 1. The Morgan fingerprint density at radius 1 is 1.16 bits per heavy atom. The fourth-order valence-electron chi connectivity index (χ4n) is 4.08. The molecule has 6 nitrogen and oxygen atoms in total. The number of nitrogens with one attached hydrogen (secondary N) is 1. The minimum atomic E-state index is -0.522. The Labute approximate surface area is 147 Å². The Morgan fingerprint density at radius 3 is 2.56 bits per heavy atom. The van der Waals surface area contributed by atoms with Crippen LogP contribution in [0.2, 0.25) is 0 Å². The maximum Gasteiger partial charge on any atom is 0.338 e. The van der Waals surface area contributed by atoms with Gasteiger partial charge in [0.1, 0.15) is 24.7 Å². The van der Waals surface area contributed by atoms with Crippen molar-refractivity contribution in [3.05, 3.63) is 35.9 Å². The summed E-state index contributed by atoms with van der Waals surface area (Å²) in [5.41, 5.74) is 0.469. The van der Waals surface area contributed by atoms with Gasteiger partial charge < -0.3 is 14.4 Å². The number of piperidine rings is 1. The molecule has 0 aliphatic carbocycles. The number of rotatable bonds is 5. The summed E-state index contributed by atoms with van der Waals surface area (Å²) >= 11 is 0. The van der Waals surface area contributed by atoms with Crippen LogP contribution in [0.5, 0.6) is 0 Å². The van der Waals surface area contributed by atoms with Crippen molar-refractivity contribution in [3.8, 4) is 0 Å². The second-order valence-corrected chi connectivity index (χ2v) is 7.01. The van der Waals surface area contributed by atoms with E-state index in [0.717, 1.165) is 12.8 Å². The summed E-state index contributed by atoms with van der Waals surface area (Å²) in [6.45, 7) is 1.15. The van der Waals surface area contributed by atoms with Crippen LogP contribution in [0.4, 0.5) is 0 Å². The second-order valence-electron chi connectivity index (χ2n) is 7.01. The fraction of sp³-hybridized carbons (Fsp3) is 0.526. The molecule has 25 heavy (non-hydrogen) atoms. The first-order valence-corrected chi connectivity index (χ1v) is 8.72. The smallest absolute Gasteiger partial charge is 0.338 e. The molecule has 1 N–H and O–H groups in total. The number of carbonyl (C=O) groups excluding carboxylic acids is 3. The van der Waals surface area contributed by atoms with Gasteiger partial charge in [-0.1, -0.05) is 18.2 Å². The van der Waals surface area contributed by atoms with Gasteiger partial charge in [-0.05, 0) is 19.1 Å². The maximum atomic E-state index is 12.6. The number of hydrogen-bond donors (Lipinski definition) is 1. The third-order valence-electron chi connectivity index (χ3n) is 5.36. The highest BCUT2D eigenvalue weighted by atomic mass is 16.6. The Balaban J connectivity index is 1.76. The first kappa shape index (κ1) is 17.6. The molecule has 0 saturated carbocycles. The Morgan fingerprint density at radius 2 is 1.88 bits per heavy atom. The third kappa shape index (κ3) is 3.74. The lowest BCUT2D eigenvalue weighted by Crippen LogP contribution is -3.16. The number of esters is 2. The zero-order valence-corrected chi connectivity index (χ0v) is 14.6. The van der Waals surface area contributed by atoms with Crippen LogP contribution < -0.4 is 4.90 Å². The molecule has 2 aliphatic heterocycles. The largest absolute Gasteiger partial charge is 0.457 e. The van der Waals surface area contributed by atoms with Gasteiger partial charge in [-0.25, -0.2) is 4.79 Å². The van der Waals surface area contributed by atoms with Gasteiger partial charge in [0.15, 0.2) is 5.78 Å². The molecule has 2 saturated heterocycles. The monoisotopic (exact) mass is 346 g/mol. The maximum absolute atomic E-state index is 12.6. The van der Waals surface area contributed by atoms with Crippen molar-refractivity contribution >= 4 is 17.7 Å². The molecule has 0 aromatic heterocycles. The van der Waals surface area contributed by atoms with Gasteiger partial charge in [0.05, 0.1) is 18.7 Å². The third-order valence-corrected chi connectivity index (χ3v) is 5.36. The van der Waals surface area contributed by atoms with Gasteiger partial charge in [-0.3, -0.25) is 9.59 Å². The van der Waals surface area contributed by atoms with Crippen molar-refractivity contribution in [2.75, 3.05) is 13.7 Å². The quantitative estimate of drug-likeness (QED) is 0.782. The normalized spacial score (nSPS) is 30.6. The van der Waals surface area contributed by atoms with Crippen molar-refractivity contribution in [2.24, 2.45) is 5.92 Å². The SMILES string of the molecule is CC(=O)COC(=O)[C@@H]1C2CCC(C[C@@H]1OC(=O)c1ccccc1)[NH+]2C. The van der Waals surface area contributed by atoms with Crippen molar-refractivity contribution in [2.45, 2.75) is 44.4 Å². The number of ether oxygens (including phenoxy) is 2. The highest BCUT2D eigenvalue weighted by molar-refractivity contribution is 5.89. The Kier molecular flexibility index (Phi) is 5.18. The summed E-state index contributed by atoms with van der Waals surface area (Å²) < 4.78 is 10.9. The van der Waals surface area contributed by atoms with E-state index in [2.05, 4.69) is 7.05 Å². The zero-order valence-electron chi connectivity index (χ0n) is 14.6. The summed E-state index contributed by atoms with van der Waals surface area (Å²) in [5, 5.41) is 0. The van der Waals surface area contributed by atoms with E-state index >= 15 is 0 Å². The van der Waals surface area contributed by atoms with Crippen LogP contribution in [-0.4, -0.2) is 49.6 Å². The highest BCUT2D eigenvalue weighted by Gasteiger charge is 2.54. The predicted molar refractivity (Wildman–Crippen MR) is 89.1 cm³/mol. The lowest BCUT2D eigenvalue weighted by atomic mass is 9.87. The van der Waals surface area contributed by atoms with Crippen LogP contribution in [0.15, 0.2) is 30.3 Å². The first-order valence-electron chi connectivity index (χ1n) is 8.72. The summed E-state index contributed by atoms with van der Waals surface area (Å²) in [5.74, 6) is -1.59. The lowest BCUT2D eigenvalue weighted by Gasteiger charge is -2.38. The van der Waals surface area contributed by atoms with Gasteiger partial charge in [-0.15, -0.1) is 0 Å². The number of quaternary nitrogens is 1. The number of ketones is 1. The minimum absolute atomic E-state index is 0.0618. The summed E-state index contributed by atoms with van der Waals surface area (Å²) in [7, 11) is 2.07. The average Bonchev–Trinajstić information content (AvgIpc) is 2.83. The molecular formula is C19H24NO5+. The van der Waals surface area contributed by atoms with E-state index in [1.54, 1.807) is 24.3 Å². The van der Waals surface area contributed by atoms with Gasteiger partial charge in [-0.2, -0.15) is 0 Å². The molecule has 2 aliphatic rings. The molecule has 1 aromatic rings. The number of fused-ring (bicyclic) bond motifs is 2. The van der Waals surface area contributed by atoms with Crippen LogP contribution in [-0.2, 0) is 19.1 Å². The molecule has 2 heterocycles. The van der Waals surface area contributed by atoms with E-state index in [4.69, 9.17) is 9.47 Å². The van der Waals surface area contributed by atoms with Crippen LogP contribution in [0.1, 0.15) is 36.5 Å². The Bertz CT molecular complexity index is 659. The van der Waals surface area contributed by atoms with E-state index in [9.17, 15) is 14.4 Å².